The lowest BCUT2D eigenvalue weighted by molar-refractivity contribution is 0.0793. The van der Waals surface area contributed by atoms with Gasteiger partial charge >= 0.3 is 6.03 Å². The van der Waals surface area contributed by atoms with Crippen molar-refractivity contribution in [3.05, 3.63) is 30.1 Å². The van der Waals surface area contributed by atoms with Crippen LogP contribution in [0.4, 0.5) is 4.79 Å². The Morgan fingerprint density at radius 1 is 1.15 bits per heavy atom. The Hall–Kier alpha value is -2.57. The van der Waals surface area contributed by atoms with E-state index in [0.717, 1.165) is 43.4 Å². The van der Waals surface area contributed by atoms with Crippen LogP contribution < -0.4 is 10.6 Å². The first-order valence-electron chi connectivity index (χ1n) is 9.80. The third-order valence-electron chi connectivity index (χ3n) is 4.91. The predicted molar refractivity (Wildman–Crippen MR) is 106 cm³/mol. The summed E-state index contributed by atoms with van der Waals surface area (Å²) in [6.07, 6.45) is 4.90. The van der Waals surface area contributed by atoms with Gasteiger partial charge in [0, 0.05) is 38.3 Å². The Morgan fingerprint density at radius 3 is 2.63 bits per heavy atom. The van der Waals surface area contributed by atoms with Gasteiger partial charge in [0.2, 0.25) is 0 Å². The summed E-state index contributed by atoms with van der Waals surface area (Å²) in [5, 5.41) is 5.73. The van der Waals surface area contributed by atoms with Gasteiger partial charge in [-0.15, -0.1) is 0 Å². The third-order valence-corrected chi connectivity index (χ3v) is 4.91. The molecular weight excluding hydrogens is 342 g/mol. The highest BCUT2D eigenvalue weighted by Crippen LogP contribution is 2.18. The Balaban J connectivity index is 1.53. The van der Waals surface area contributed by atoms with Gasteiger partial charge in [0.15, 0.2) is 0 Å². The number of fused-ring (bicyclic) bond motifs is 1. The Bertz CT molecular complexity index is 793. The first kappa shape index (κ1) is 19.2. The first-order chi connectivity index (χ1) is 13.0. The lowest BCUT2D eigenvalue weighted by atomic mass is 10.1. The molecule has 1 fully saturated rings. The van der Waals surface area contributed by atoms with Gasteiger partial charge in [-0.1, -0.05) is 13.8 Å². The smallest absolute Gasteiger partial charge is 0.314 e. The number of carbonyl (C=O) groups is 2. The van der Waals surface area contributed by atoms with Gasteiger partial charge in [0.1, 0.15) is 0 Å². The normalized spacial score (nSPS) is 14.1. The second-order valence-electron chi connectivity index (χ2n) is 7.51. The summed E-state index contributed by atoms with van der Waals surface area (Å²) in [4.78, 5) is 30.6. The van der Waals surface area contributed by atoms with Crippen LogP contribution in [0.5, 0.6) is 0 Å². The van der Waals surface area contributed by atoms with E-state index in [1.54, 1.807) is 6.33 Å². The number of hydrogen-bond donors (Lipinski definition) is 2. The number of urea groups is 1. The maximum atomic E-state index is 12.5. The molecule has 7 heteroatoms. The molecule has 146 valence electrons. The van der Waals surface area contributed by atoms with E-state index in [0.29, 0.717) is 31.1 Å². The number of rotatable bonds is 7. The predicted octanol–water partition coefficient (Wildman–Crippen LogP) is 2.62. The molecule has 1 aliphatic heterocycles. The van der Waals surface area contributed by atoms with E-state index >= 15 is 0 Å². The van der Waals surface area contributed by atoms with Gasteiger partial charge in [0.05, 0.1) is 17.4 Å². The molecule has 0 aliphatic carbocycles. The highest BCUT2D eigenvalue weighted by Gasteiger charge is 2.20. The van der Waals surface area contributed by atoms with Crippen molar-refractivity contribution < 1.29 is 9.59 Å². The van der Waals surface area contributed by atoms with Crippen LogP contribution in [-0.2, 0) is 6.54 Å². The summed E-state index contributed by atoms with van der Waals surface area (Å²) >= 11 is 0. The molecule has 2 N–H and O–H groups in total. The number of amides is 3. The van der Waals surface area contributed by atoms with E-state index in [4.69, 9.17) is 0 Å². The summed E-state index contributed by atoms with van der Waals surface area (Å²) in [6.45, 7) is 7.79. The zero-order valence-corrected chi connectivity index (χ0v) is 16.2. The monoisotopic (exact) mass is 371 g/mol. The van der Waals surface area contributed by atoms with Crippen molar-refractivity contribution in [1.82, 2.24) is 25.1 Å². The van der Waals surface area contributed by atoms with Crippen LogP contribution in [0.1, 0.15) is 43.5 Å². The van der Waals surface area contributed by atoms with E-state index in [1.165, 1.54) is 0 Å². The van der Waals surface area contributed by atoms with Crippen LogP contribution in [0, 0.1) is 5.92 Å². The summed E-state index contributed by atoms with van der Waals surface area (Å²) in [5.41, 5.74) is 2.47. The summed E-state index contributed by atoms with van der Waals surface area (Å²) in [5.74, 6) is 0.661. The molecule has 2 aromatic rings. The molecule has 0 saturated carbocycles. The summed E-state index contributed by atoms with van der Waals surface area (Å²) in [6, 6.07) is 5.53. The Kier molecular flexibility index (Phi) is 6.32. The van der Waals surface area contributed by atoms with Gasteiger partial charge < -0.3 is 20.1 Å². The number of aromatic nitrogens is 2. The number of imidazole rings is 1. The average Bonchev–Trinajstić information content (AvgIpc) is 3.30. The van der Waals surface area contributed by atoms with Crippen LogP contribution in [-0.4, -0.2) is 52.6 Å². The fourth-order valence-corrected chi connectivity index (χ4v) is 3.30. The molecule has 1 aromatic carbocycles. The van der Waals surface area contributed by atoms with Gasteiger partial charge in [-0.3, -0.25) is 4.79 Å². The highest BCUT2D eigenvalue weighted by molar-refractivity contribution is 5.97. The van der Waals surface area contributed by atoms with E-state index in [2.05, 4.69) is 29.5 Å². The molecule has 1 aliphatic rings. The van der Waals surface area contributed by atoms with Gasteiger partial charge in [-0.05, 0) is 43.4 Å². The average molecular weight is 371 g/mol. The summed E-state index contributed by atoms with van der Waals surface area (Å²) < 4.78 is 1.99. The van der Waals surface area contributed by atoms with Crippen LogP contribution in [0.15, 0.2) is 24.5 Å². The minimum atomic E-state index is -0.140. The summed E-state index contributed by atoms with van der Waals surface area (Å²) in [7, 11) is 0. The fraction of sp³-hybridized carbons (Fsp3) is 0.550. The molecule has 0 bridgehead atoms. The SMILES string of the molecule is CC(C)CCNC(=O)NCCn1cnc2cc(C(=O)N3CCCC3)ccc21. The highest BCUT2D eigenvalue weighted by atomic mass is 16.2. The van der Waals surface area contributed by atoms with Gasteiger partial charge in [-0.25, -0.2) is 9.78 Å². The quantitative estimate of drug-likeness (QED) is 0.785. The van der Waals surface area contributed by atoms with Crippen molar-refractivity contribution in [3.8, 4) is 0 Å². The maximum Gasteiger partial charge on any atom is 0.314 e. The molecule has 3 amide bonds. The molecule has 7 nitrogen and oxygen atoms in total. The van der Waals surface area contributed by atoms with E-state index in [-0.39, 0.29) is 11.9 Å². The second-order valence-corrected chi connectivity index (χ2v) is 7.51. The first-order valence-corrected chi connectivity index (χ1v) is 9.80. The molecule has 0 atom stereocenters. The molecule has 27 heavy (non-hydrogen) atoms. The lowest BCUT2D eigenvalue weighted by Crippen LogP contribution is -2.37. The van der Waals surface area contributed by atoms with Crippen molar-refractivity contribution in [2.75, 3.05) is 26.2 Å². The molecule has 1 saturated heterocycles. The fourth-order valence-electron chi connectivity index (χ4n) is 3.30. The zero-order chi connectivity index (χ0) is 19.2. The van der Waals surface area contributed by atoms with Gasteiger partial charge in [0.25, 0.3) is 5.91 Å². The molecule has 0 radical (unpaired) electrons. The van der Waals surface area contributed by atoms with Crippen molar-refractivity contribution in [3.63, 3.8) is 0 Å². The van der Waals surface area contributed by atoms with Crippen molar-refractivity contribution >= 4 is 23.0 Å². The number of likely N-dealkylation sites (tertiary alicyclic amines) is 1. The minimum absolute atomic E-state index is 0.0867. The molecular formula is C20H29N5O2. The van der Waals surface area contributed by atoms with Crippen LogP contribution in [0.25, 0.3) is 11.0 Å². The lowest BCUT2D eigenvalue weighted by Gasteiger charge is -2.15. The number of benzene rings is 1. The van der Waals surface area contributed by atoms with E-state index < -0.39 is 0 Å². The number of hydrogen-bond acceptors (Lipinski definition) is 3. The zero-order valence-electron chi connectivity index (χ0n) is 16.2. The minimum Gasteiger partial charge on any atom is -0.339 e. The number of carbonyl (C=O) groups excluding carboxylic acids is 2. The Morgan fingerprint density at radius 2 is 1.89 bits per heavy atom. The van der Waals surface area contributed by atoms with Crippen molar-refractivity contribution in [2.24, 2.45) is 5.92 Å². The molecule has 0 unspecified atom stereocenters. The Labute approximate surface area is 160 Å². The van der Waals surface area contributed by atoms with Gasteiger partial charge in [-0.2, -0.15) is 0 Å². The second kappa shape index (κ2) is 8.88. The molecule has 1 aromatic heterocycles. The number of nitrogens with one attached hydrogen (secondary N) is 2. The molecule has 0 spiro atoms. The van der Waals surface area contributed by atoms with Crippen molar-refractivity contribution in [1.29, 1.82) is 0 Å². The van der Waals surface area contributed by atoms with Crippen LogP contribution in [0.3, 0.4) is 0 Å². The van der Waals surface area contributed by atoms with Crippen molar-refractivity contribution in [2.45, 2.75) is 39.7 Å². The van der Waals surface area contributed by atoms with Crippen LogP contribution >= 0.6 is 0 Å². The maximum absolute atomic E-state index is 12.5. The van der Waals surface area contributed by atoms with E-state index in [1.807, 2.05) is 27.7 Å². The largest absolute Gasteiger partial charge is 0.339 e. The third kappa shape index (κ3) is 4.99. The topological polar surface area (TPSA) is 79.3 Å². The van der Waals surface area contributed by atoms with Crippen LogP contribution in [0.2, 0.25) is 0 Å². The number of nitrogens with zero attached hydrogens (tertiary/aromatic N) is 3. The van der Waals surface area contributed by atoms with E-state index in [9.17, 15) is 9.59 Å². The molecule has 2 heterocycles. The molecule has 3 rings (SSSR count). The standard InChI is InChI=1S/C20H29N5O2/c1-15(2)7-8-21-20(27)22-9-12-25-14-23-17-13-16(5-6-18(17)25)19(26)24-10-3-4-11-24/h5-6,13-15H,3-4,7-12H2,1-2H3,(H2,21,22,27).